The number of likely N-dealkylation sites (tertiary alicyclic amines) is 1. The van der Waals surface area contributed by atoms with E-state index in [4.69, 9.17) is 0 Å². The highest BCUT2D eigenvalue weighted by molar-refractivity contribution is 5.94. The van der Waals surface area contributed by atoms with E-state index in [2.05, 4.69) is 13.8 Å². The van der Waals surface area contributed by atoms with Crippen molar-refractivity contribution in [1.82, 2.24) is 4.90 Å². The molecule has 2 fully saturated rings. The number of amides is 1. The van der Waals surface area contributed by atoms with E-state index in [9.17, 15) is 9.90 Å². The number of nitrogens with zero attached hydrogens (tertiary/aromatic N) is 1. The van der Waals surface area contributed by atoms with Gasteiger partial charge in [-0.3, -0.25) is 4.79 Å². The molecule has 1 aliphatic carbocycles. The molecule has 0 bridgehead atoms. The van der Waals surface area contributed by atoms with Gasteiger partial charge in [-0.05, 0) is 62.3 Å². The third kappa shape index (κ3) is 2.56. The molecule has 1 N–H and O–H groups in total. The van der Waals surface area contributed by atoms with Crippen LogP contribution in [0, 0.1) is 25.7 Å². The number of hydrogen-bond donors (Lipinski definition) is 1. The summed E-state index contributed by atoms with van der Waals surface area (Å²) in [5.41, 5.74) is 2.59. The predicted molar refractivity (Wildman–Crippen MR) is 87.9 cm³/mol. The second-order valence-corrected chi connectivity index (χ2v) is 7.23. The summed E-state index contributed by atoms with van der Waals surface area (Å²) in [6, 6.07) is 5.94. The fourth-order valence-electron chi connectivity index (χ4n) is 4.29. The van der Waals surface area contributed by atoms with Crippen molar-refractivity contribution in [3.05, 3.63) is 34.9 Å². The van der Waals surface area contributed by atoms with E-state index in [0.29, 0.717) is 12.5 Å². The summed E-state index contributed by atoms with van der Waals surface area (Å²) >= 11 is 0. The maximum atomic E-state index is 12.8. The van der Waals surface area contributed by atoms with Gasteiger partial charge in [0, 0.05) is 24.6 Å². The monoisotopic (exact) mass is 301 g/mol. The summed E-state index contributed by atoms with van der Waals surface area (Å²) in [5.74, 6) is 0.840. The molecule has 120 valence electrons. The molecule has 22 heavy (non-hydrogen) atoms. The number of carbonyl (C=O) groups excluding carboxylic acids is 1. The highest BCUT2D eigenvalue weighted by Gasteiger charge is 2.48. The molecule has 1 aromatic carbocycles. The maximum Gasteiger partial charge on any atom is 0.253 e. The fraction of sp³-hybridized carbons (Fsp3) is 0.632. The Labute approximate surface area is 133 Å². The van der Waals surface area contributed by atoms with Gasteiger partial charge in [0.1, 0.15) is 0 Å². The van der Waals surface area contributed by atoms with Gasteiger partial charge in [-0.25, -0.2) is 0 Å². The van der Waals surface area contributed by atoms with Gasteiger partial charge in [0.2, 0.25) is 0 Å². The Kier molecular flexibility index (Phi) is 4.02. The molecule has 2 aliphatic rings. The number of aryl methyl sites for hydroxylation is 2. The first-order valence-corrected chi connectivity index (χ1v) is 8.53. The summed E-state index contributed by atoms with van der Waals surface area (Å²) < 4.78 is 0. The standard InChI is InChI=1S/C19H27NO2/c1-4-19(22)9-5-6-16-11-20(12-17(16)19)18(21)15-8-7-13(2)14(3)10-15/h7-8,10,16-17,22H,4-6,9,11-12H2,1-3H3/t16-,17+,19-/m1/s1. The second-order valence-electron chi connectivity index (χ2n) is 7.23. The zero-order valence-electron chi connectivity index (χ0n) is 13.9. The lowest BCUT2D eigenvalue weighted by atomic mass is 9.69. The van der Waals surface area contributed by atoms with E-state index >= 15 is 0 Å². The molecule has 3 nitrogen and oxygen atoms in total. The number of rotatable bonds is 2. The van der Waals surface area contributed by atoms with E-state index in [-0.39, 0.29) is 11.8 Å². The van der Waals surface area contributed by atoms with Crippen molar-refractivity contribution >= 4 is 5.91 Å². The summed E-state index contributed by atoms with van der Waals surface area (Å²) in [5, 5.41) is 10.9. The summed E-state index contributed by atoms with van der Waals surface area (Å²) in [7, 11) is 0. The van der Waals surface area contributed by atoms with Crippen LogP contribution in [0.15, 0.2) is 18.2 Å². The Bertz CT molecular complexity index is 583. The van der Waals surface area contributed by atoms with Crippen molar-refractivity contribution in [3.8, 4) is 0 Å². The molecule has 0 radical (unpaired) electrons. The van der Waals surface area contributed by atoms with Crippen LogP contribution in [0.3, 0.4) is 0 Å². The second kappa shape index (κ2) is 5.69. The molecule has 0 unspecified atom stereocenters. The average molecular weight is 301 g/mol. The summed E-state index contributed by atoms with van der Waals surface area (Å²) in [6.45, 7) is 7.69. The van der Waals surface area contributed by atoms with Gasteiger partial charge in [-0.1, -0.05) is 19.4 Å². The van der Waals surface area contributed by atoms with Crippen molar-refractivity contribution in [3.63, 3.8) is 0 Å². The Hall–Kier alpha value is -1.35. The molecule has 0 aromatic heterocycles. The maximum absolute atomic E-state index is 12.8. The number of aliphatic hydroxyl groups is 1. The van der Waals surface area contributed by atoms with Crippen LogP contribution < -0.4 is 0 Å². The lowest BCUT2D eigenvalue weighted by Crippen LogP contribution is -2.44. The molecule has 1 heterocycles. The highest BCUT2D eigenvalue weighted by atomic mass is 16.3. The molecular formula is C19H27NO2. The largest absolute Gasteiger partial charge is 0.390 e. The molecule has 0 spiro atoms. The fourth-order valence-corrected chi connectivity index (χ4v) is 4.29. The smallest absolute Gasteiger partial charge is 0.253 e. The molecule has 3 atom stereocenters. The van der Waals surface area contributed by atoms with Crippen LogP contribution >= 0.6 is 0 Å². The molecule has 1 aromatic rings. The first-order valence-electron chi connectivity index (χ1n) is 8.53. The normalized spacial score (nSPS) is 31.2. The third-order valence-corrected chi connectivity index (χ3v) is 5.97. The zero-order valence-corrected chi connectivity index (χ0v) is 13.9. The van der Waals surface area contributed by atoms with Crippen LogP contribution in [0.2, 0.25) is 0 Å². The minimum absolute atomic E-state index is 0.121. The molecular weight excluding hydrogens is 274 g/mol. The summed E-state index contributed by atoms with van der Waals surface area (Å²) in [6.07, 6.45) is 3.90. The topological polar surface area (TPSA) is 40.5 Å². The predicted octanol–water partition coefficient (Wildman–Crippen LogP) is 3.32. The van der Waals surface area contributed by atoms with Crippen LogP contribution in [0.1, 0.15) is 54.1 Å². The molecule has 1 amide bonds. The quantitative estimate of drug-likeness (QED) is 0.910. The van der Waals surface area contributed by atoms with Crippen molar-refractivity contribution in [2.24, 2.45) is 11.8 Å². The zero-order chi connectivity index (χ0) is 15.9. The Morgan fingerprint density at radius 2 is 2.09 bits per heavy atom. The van der Waals surface area contributed by atoms with Crippen molar-refractivity contribution in [2.45, 2.75) is 52.1 Å². The minimum atomic E-state index is -0.568. The number of fused-ring (bicyclic) bond motifs is 1. The van der Waals surface area contributed by atoms with E-state index in [1.165, 1.54) is 5.56 Å². The third-order valence-electron chi connectivity index (χ3n) is 5.97. The lowest BCUT2D eigenvalue weighted by molar-refractivity contribution is -0.0609. The van der Waals surface area contributed by atoms with Crippen molar-refractivity contribution in [2.75, 3.05) is 13.1 Å². The SMILES string of the molecule is CC[C@@]1(O)CCC[C@@H]2CN(C(=O)c3ccc(C)c(C)c3)C[C@@H]21. The summed E-state index contributed by atoms with van der Waals surface area (Å²) in [4.78, 5) is 14.8. The Morgan fingerprint density at radius 1 is 1.32 bits per heavy atom. The van der Waals surface area contributed by atoms with Crippen LogP contribution in [-0.2, 0) is 0 Å². The number of carbonyl (C=O) groups is 1. The van der Waals surface area contributed by atoms with E-state index in [0.717, 1.165) is 43.4 Å². The van der Waals surface area contributed by atoms with Crippen molar-refractivity contribution in [1.29, 1.82) is 0 Å². The molecule has 3 heteroatoms. The van der Waals surface area contributed by atoms with E-state index in [1.54, 1.807) is 0 Å². The van der Waals surface area contributed by atoms with Gasteiger partial charge in [0.15, 0.2) is 0 Å². The van der Waals surface area contributed by atoms with Crippen LogP contribution in [0.25, 0.3) is 0 Å². The van der Waals surface area contributed by atoms with Crippen LogP contribution in [-0.4, -0.2) is 34.6 Å². The number of benzene rings is 1. The lowest BCUT2D eigenvalue weighted by Gasteiger charge is -2.40. The van der Waals surface area contributed by atoms with Gasteiger partial charge in [-0.15, -0.1) is 0 Å². The van der Waals surface area contributed by atoms with Gasteiger partial charge in [-0.2, -0.15) is 0 Å². The minimum Gasteiger partial charge on any atom is -0.390 e. The highest BCUT2D eigenvalue weighted by Crippen LogP contribution is 2.44. The van der Waals surface area contributed by atoms with E-state index in [1.807, 2.05) is 30.0 Å². The number of hydrogen-bond acceptors (Lipinski definition) is 2. The van der Waals surface area contributed by atoms with Crippen molar-refractivity contribution < 1.29 is 9.90 Å². The van der Waals surface area contributed by atoms with Gasteiger partial charge < -0.3 is 10.0 Å². The van der Waals surface area contributed by atoms with Crippen LogP contribution in [0.4, 0.5) is 0 Å². The Morgan fingerprint density at radius 3 is 2.77 bits per heavy atom. The first-order chi connectivity index (χ1) is 10.4. The van der Waals surface area contributed by atoms with Gasteiger partial charge >= 0.3 is 0 Å². The van der Waals surface area contributed by atoms with Crippen LogP contribution in [0.5, 0.6) is 0 Å². The molecule has 1 aliphatic heterocycles. The van der Waals surface area contributed by atoms with E-state index < -0.39 is 5.60 Å². The van der Waals surface area contributed by atoms with Gasteiger partial charge in [0.25, 0.3) is 5.91 Å². The molecule has 1 saturated carbocycles. The molecule has 1 saturated heterocycles. The average Bonchev–Trinajstić information content (AvgIpc) is 2.95. The molecule has 3 rings (SSSR count). The first kappa shape index (κ1) is 15.5. The Balaban J connectivity index is 1.79. The van der Waals surface area contributed by atoms with Gasteiger partial charge in [0.05, 0.1) is 5.60 Å².